The minimum atomic E-state index is -0.202. The van der Waals surface area contributed by atoms with Gasteiger partial charge in [-0.15, -0.1) is 0 Å². The lowest BCUT2D eigenvalue weighted by Gasteiger charge is -2.26. The van der Waals surface area contributed by atoms with Crippen LogP contribution in [0.25, 0.3) is 0 Å². The van der Waals surface area contributed by atoms with Crippen LogP contribution in [0.15, 0.2) is 48.5 Å². The summed E-state index contributed by atoms with van der Waals surface area (Å²) in [6.45, 7) is 5.21. The van der Waals surface area contributed by atoms with Crippen molar-refractivity contribution in [1.82, 2.24) is 4.90 Å². The van der Waals surface area contributed by atoms with Crippen molar-refractivity contribution in [2.24, 2.45) is 0 Å². The molecule has 2 N–H and O–H groups in total. The lowest BCUT2D eigenvalue weighted by molar-refractivity contribution is -0.114. The van der Waals surface area contributed by atoms with Crippen LogP contribution in [0, 0.1) is 0 Å². The van der Waals surface area contributed by atoms with Crippen molar-refractivity contribution in [3.05, 3.63) is 54.1 Å². The Labute approximate surface area is 183 Å². The molecule has 1 fully saturated rings. The fourth-order valence-electron chi connectivity index (χ4n) is 3.48. The third-order valence-corrected chi connectivity index (χ3v) is 5.05. The van der Waals surface area contributed by atoms with Crippen molar-refractivity contribution < 1.29 is 19.1 Å². The third-order valence-electron chi connectivity index (χ3n) is 5.05. The quantitative estimate of drug-likeness (QED) is 0.567. The number of nitrogens with zero attached hydrogens (tertiary/aromatic N) is 1. The second kappa shape index (κ2) is 12.0. The number of rotatable bonds is 10. The number of nitrogens with one attached hydrogen (secondary N) is 2. The summed E-state index contributed by atoms with van der Waals surface area (Å²) < 4.78 is 11.0. The van der Waals surface area contributed by atoms with Gasteiger partial charge < -0.3 is 25.0 Å². The predicted octanol–water partition coefficient (Wildman–Crippen LogP) is 3.78. The molecule has 0 atom stereocenters. The Bertz CT molecular complexity index is 865. The highest BCUT2D eigenvalue weighted by molar-refractivity contribution is 5.98. The second-order valence-electron chi connectivity index (χ2n) is 7.38. The largest absolute Gasteiger partial charge is 0.489 e. The highest BCUT2D eigenvalue weighted by Crippen LogP contribution is 2.23. The summed E-state index contributed by atoms with van der Waals surface area (Å²) in [6.07, 6.45) is 3.27. The van der Waals surface area contributed by atoms with Gasteiger partial charge in [-0.2, -0.15) is 0 Å². The zero-order chi connectivity index (χ0) is 21.9. The molecule has 0 unspecified atom stereocenters. The molecule has 2 aromatic carbocycles. The van der Waals surface area contributed by atoms with Crippen LogP contribution in [-0.2, 0) is 9.53 Å². The average Bonchev–Trinajstić information content (AvgIpc) is 2.81. The summed E-state index contributed by atoms with van der Waals surface area (Å²) >= 11 is 0. The maximum atomic E-state index is 12.7. The highest BCUT2D eigenvalue weighted by atomic mass is 16.5. The molecule has 0 saturated carbocycles. The molecule has 7 heteroatoms. The topological polar surface area (TPSA) is 79.9 Å². The molecule has 0 spiro atoms. The maximum Gasteiger partial charge on any atom is 0.253 e. The molecule has 0 bridgehead atoms. The summed E-state index contributed by atoms with van der Waals surface area (Å²) in [7, 11) is 0. The summed E-state index contributed by atoms with van der Waals surface area (Å²) in [4.78, 5) is 27.0. The Morgan fingerprint density at radius 3 is 2.61 bits per heavy atom. The molecule has 1 saturated heterocycles. The third kappa shape index (κ3) is 7.00. The Kier molecular flexibility index (Phi) is 8.72. The number of piperidine rings is 1. The second-order valence-corrected chi connectivity index (χ2v) is 7.38. The number of ether oxygens (including phenoxy) is 2. The molecule has 2 amide bonds. The summed E-state index contributed by atoms with van der Waals surface area (Å²) in [6, 6.07) is 14.6. The molecule has 1 aliphatic rings. The number of hydrogen-bond acceptors (Lipinski definition) is 5. The van der Waals surface area contributed by atoms with Gasteiger partial charge >= 0.3 is 0 Å². The van der Waals surface area contributed by atoms with E-state index in [0.29, 0.717) is 36.8 Å². The summed E-state index contributed by atoms with van der Waals surface area (Å²) in [5.74, 6) is 0.489. The number of amides is 2. The smallest absolute Gasteiger partial charge is 0.253 e. The minimum Gasteiger partial charge on any atom is -0.489 e. The molecule has 7 nitrogen and oxygen atoms in total. The Balaban J connectivity index is 1.53. The van der Waals surface area contributed by atoms with Gasteiger partial charge in [0.05, 0.1) is 18.8 Å². The van der Waals surface area contributed by atoms with E-state index in [0.717, 1.165) is 31.6 Å². The van der Waals surface area contributed by atoms with E-state index in [9.17, 15) is 9.59 Å². The number of hydrogen-bond donors (Lipinski definition) is 2. The fourth-order valence-corrected chi connectivity index (χ4v) is 3.48. The van der Waals surface area contributed by atoms with Crippen LogP contribution in [0.1, 0.15) is 36.5 Å². The zero-order valence-corrected chi connectivity index (χ0v) is 18.1. The molecule has 166 valence electrons. The van der Waals surface area contributed by atoms with Crippen LogP contribution in [0.3, 0.4) is 0 Å². The first kappa shape index (κ1) is 22.6. The van der Waals surface area contributed by atoms with E-state index >= 15 is 0 Å². The van der Waals surface area contributed by atoms with Crippen LogP contribution < -0.4 is 15.4 Å². The van der Waals surface area contributed by atoms with Gasteiger partial charge in [0.25, 0.3) is 5.91 Å². The first-order valence-corrected chi connectivity index (χ1v) is 10.9. The summed E-state index contributed by atoms with van der Waals surface area (Å²) in [5, 5.41) is 5.97. The zero-order valence-electron chi connectivity index (χ0n) is 18.1. The number of para-hydroxylation sites is 2. The molecule has 1 aliphatic heterocycles. The van der Waals surface area contributed by atoms with E-state index in [-0.39, 0.29) is 18.4 Å². The van der Waals surface area contributed by atoms with Crippen molar-refractivity contribution >= 4 is 23.2 Å². The Morgan fingerprint density at radius 1 is 1.00 bits per heavy atom. The first-order valence-electron chi connectivity index (χ1n) is 10.9. The highest BCUT2D eigenvalue weighted by Gasteiger charge is 2.18. The molecule has 0 aromatic heterocycles. The standard InChI is InChI=1S/C24H31N3O4/c1-2-30-15-16-31-22-12-5-4-11-21(22)25-18-23(28)26-20-10-8-9-19(17-20)24(29)27-13-6-3-7-14-27/h4-5,8-12,17,25H,2-3,6-7,13-16,18H2,1H3,(H,26,28). The van der Waals surface area contributed by atoms with Crippen LogP contribution in [-0.4, -0.2) is 56.2 Å². The number of benzene rings is 2. The SMILES string of the molecule is CCOCCOc1ccccc1NCC(=O)Nc1cccc(C(=O)N2CCCCC2)c1. The van der Waals surface area contributed by atoms with Gasteiger partial charge in [-0.1, -0.05) is 18.2 Å². The van der Waals surface area contributed by atoms with E-state index in [1.54, 1.807) is 24.3 Å². The van der Waals surface area contributed by atoms with Crippen LogP contribution in [0.4, 0.5) is 11.4 Å². The fraction of sp³-hybridized carbons (Fsp3) is 0.417. The van der Waals surface area contributed by atoms with E-state index in [1.807, 2.05) is 36.1 Å². The Morgan fingerprint density at radius 2 is 1.81 bits per heavy atom. The molecule has 3 rings (SSSR count). The van der Waals surface area contributed by atoms with Crippen LogP contribution in [0.2, 0.25) is 0 Å². The van der Waals surface area contributed by atoms with Gasteiger partial charge in [-0.05, 0) is 56.5 Å². The maximum absolute atomic E-state index is 12.7. The molecule has 1 heterocycles. The van der Waals surface area contributed by atoms with Crippen molar-refractivity contribution in [3.63, 3.8) is 0 Å². The molecular formula is C24H31N3O4. The van der Waals surface area contributed by atoms with Gasteiger partial charge in [-0.3, -0.25) is 9.59 Å². The van der Waals surface area contributed by atoms with E-state index in [2.05, 4.69) is 10.6 Å². The van der Waals surface area contributed by atoms with Crippen LogP contribution in [0.5, 0.6) is 5.75 Å². The number of likely N-dealkylation sites (tertiary alicyclic amines) is 1. The number of anilines is 2. The number of carbonyl (C=O) groups is 2. The molecule has 31 heavy (non-hydrogen) atoms. The van der Waals surface area contributed by atoms with Gasteiger partial charge in [0, 0.05) is 30.9 Å². The lowest BCUT2D eigenvalue weighted by Crippen LogP contribution is -2.35. The van der Waals surface area contributed by atoms with Crippen molar-refractivity contribution in [1.29, 1.82) is 0 Å². The van der Waals surface area contributed by atoms with Crippen molar-refractivity contribution in [3.8, 4) is 5.75 Å². The first-order chi connectivity index (χ1) is 15.2. The van der Waals surface area contributed by atoms with Crippen molar-refractivity contribution in [2.45, 2.75) is 26.2 Å². The predicted molar refractivity (Wildman–Crippen MR) is 122 cm³/mol. The molecule has 0 radical (unpaired) electrons. The van der Waals surface area contributed by atoms with Gasteiger partial charge in [-0.25, -0.2) is 0 Å². The summed E-state index contributed by atoms with van der Waals surface area (Å²) in [5.41, 5.74) is 1.94. The van der Waals surface area contributed by atoms with Gasteiger partial charge in [0.15, 0.2) is 0 Å². The minimum absolute atomic E-state index is 0.0204. The normalized spacial score (nSPS) is 13.5. The van der Waals surface area contributed by atoms with Crippen molar-refractivity contribution in [2.75, 3.05) is 50.1 Å². The average molecular weight is 426 g/mol. The van der Waals surface area contributed by atoms with E-state index < -0.39 is 0 Å². The number of carbonyl (C=O) groups excluding carboxylic acids is 2. The van der Waals surface area contributed by atoms with Gasteiger partial charge in [0.2, 0.25) is 5.91 Å². The molecular weight excluding hydrogens is 394 g/mol. The monoisotopic (exact) mass is 425 g/mol. The molecule has 0 aliphatic carbocycles. The molecule has 2 aromatic rings. The van der Waals surface area contributed by atoms with E-state index in [4.69, 9.17) is 9.47 Å². The van der Waals surface area contributed by atoms with Gasteiger partial charge in [0.1, 0.15) is 12.4 Å². The van der Waals surface area contributed by atoms with E-state index in [1.165, 1.54) is 6.42 Å². The lowest BCUT2D eigenvalue weighted by atomic mass is 10.1. The Hall–Kier alpha value is -3.06. The van der Waals surface area contributed by atoms with Crippen LogP contribution >= 0.6 is 0 Å².